The molecule has 5 rings (SSSR count). The van der Waals surface area contributed by atoms with Gasteiger partial charge in [0.25, 0.3) is 0 Å². The number of hydrogen-bond acceptors (Lipinski definition) is 5. The molecule has 2 aromatic heterocycles. The topological polar surface area (TPSA) is 64.7 Å². The molecule has 2 heterocycles. The maximum Gasteiger partial charge on any atom is 0.243 e. The van der Waals surface area contributed by atoms with Crippen LogP contribution in [0.3, 0.4) is 0 Å². The molecule has 0 N–H and O–H groups in total. The Bertz CT molecular complexity index is 1200. The lowest BCUT2D eigenvalue weighted by Gasteiger charge is -2.08. The van der Waals surface area contributed by atoms with Crippen molar-refractivity contribution in [2.45, 2.75) is 0 Å². The molecule has 0 spiro atoms. The first-order valence-electron chi connectivity index (χ1n) is 6.72. The van der Waals surface area contributed by atoms with Gasteiger partial charge in [-0.15, -0.1) is 0 Å². The molecule has 104 valence electrons. The van der Waals surface area contributed by atoms with Crippen LogP contribution in [-0.2, 0) is 0 Å². The van der Waals surface area contributed by atoms with Gasteiger partial charge in [0.1, 0.15) is 11.3 Å². The second-order valence-corrected chi connectivity index (χ2v) is 5.04. The summed E-state index contributed by atoms with van der Waals surface area (Å²) in [5, 5.41) is 10.3. The smallest absolute Gasteiger partial charge is 0.240 e. The molecule has 5 aromatic rings. The first-order valence-corrected chi connectivity index (χ1v) is 6.72. The van der Waals surface area contributed by atoms with E-state index in [0.717, 1.165) is 10.8 Å². The first-order chi connectivity index (χ1) is 10.8. The minimum absolute atomic E-state index is 0.282. The zero-order valence-electron chi connectivity index (χ0n) is 11.1. The minimum atomic E-state index is -0.282. The van der Waals surface area contributed by atoms with Crippen molar-refractivity contribution in [3.8, 4) is 0 Å². The highest BCUT2D eigenvalue weighted by Crippen LogP contribution is 2.34. The van der Waals surface area contributed by atoms with Crippen LogP contribution in [0, 0.1) is 5.82 Å². The molecule has 3 aromatic carbocycles. The van der Waals surface area contributed by atoms with Crippen molar-refractivity contribution in [3.05, 3.63) is 48.3 Å². The van der Waals surface area contributed by atoms with Crippen LogP contribution in [0.5, 0.6) is 0 Å². The largest absolute Gasteiger partial charge is 0.243 e. The van der Waals surface area contributed by atoms with Crippen LogP contribution in [0.1, 0.15) is 0 Å². The predicted octanol–water partition coefficient (Wildman–Crippen LogP) is 3.61. The van der Waals surface area contributed by atoms with Gasteiger partial charge in [0.15, 0.2) is 0 Å². The van der Waals surface area contributed by atoms with Gasteiger partial charge in [-0.2, -0.15) is 0 Å². The molecule has 0 aliphatic rings. The lowest BCUT2D eigenvalue weighted by atomic mass is 9.99. The lowest BCUT2D eigenvalue weighted by molar-refractivity contribution is 0.314. The van der Waals surface area contributed by atoms with E-state index in [2.05, 4.69) is 24.9 Å². The SMILES string of the molecule is Fc1cccc2c3nc4nonc4nc3c3ccccc3c12. The summed E-state index contributed by atoms with van der Waals surface area (Å²) in [5.74, 6) is -0.282. The van der Waals surface area contributed by atoms with Crippen LogP contribution in [0.25, 0.3) is 43.9 Å². The van der Waals surface area contributed by atoms with Gasteiger partial charge in [-0.25, -0.2) is 19.0 Å². The maximum atomic E-state index is 14.4. The molecule has 0 saturated heterocycles. The maximum absolute atomic E-state index is 14.4. The third-order valence-corrected chi connectivity index (χ3v) is 3.83. The van der Waals surface area contributed by atoms with Crippen molar-refractivity contribution >= 4 is 43.9 Å². The molecule has 0 fully saturated rings. The first kappa shape index (κ1) is 11.5. The van der Waals surface area contributed by atoms with E-state index in [9.17, 15) is 4.39 Å². The average molecular weight is 290 g/mol. The van der Waals surface area contributed by atoms with Crippen LogP contribution in [-0.4, -0.2) is 20.3 Å². The molecule has 0 atom stereocenters. The predicted molar refractivity (Wildman–Crippen MR) is 79.9 cm³/mol. The van der Waals surface area contributed by atoms with Gasteiger partial charge in [-0.1, -0.05) is 36.4 Å². The van der Waals surface area contributed by atoms with E-state index in [1.165, 1.54) is 6.07 Å². The summed E-state index contributed by atoms with van der Waals surface area (Å²) >= 11 is 0. The fourth-order valence-corrected chi connectivity index (χ4v) is 2.92. The third kappa shape index (κ3) is 1.36. The number of fused-ring (bicyclic) bond motifs is 7. The molecule has 0 radical (unpaired) electrons. The minimum Gasteiger partial charge on any atom is -0.240 e. The standard InChI is InChI=1S/C16H7FN4O/c17-11-7-3-6-10-12(11)8-4-1-2-5-9(8)13-14(10)19-16-15(18-13)20-22-21-16/h1-7H. The second kappa shape index (κ2) is 3.94. The fourth-order valence-electron chi connectivity index (χ4n) is 2.92. The van der Waals surface area contributed by atoms with E-state index >= 15 is 0 Å². The zero-order valence-corrected chi connectivity index (χ0v) is 11.1. The van der Waals surface area contributed by atoms with E-state index in [0.29, 0.717) is 33.1 Å². The molecule has 0 aliphatic heterocycles. The van der Waals surface area contributed by atoms with E-state index in [1.54, 1.807) is 6.07 Å². The Labute approximate surface area is 122 Å². The molecule has 0 amide bonds. The van der Waals surface area contributed by atoms with Gasteiger partial charge in [-0.3, -0.25) is 0 Å². The van der Waals surface area contributed by atoms with Crippen LogP contribution < -0.4 is 0 Å². The van der Waals surface area contributed by atoms with Gasteiger partial charge >= 0.3 is 0 Å². The number of halogens is 1. The van der Waals surface area contributed by atoms with E-state index in [-0.39, 0.29) is 5.82 Å². The molecule has 22 heavy (non-hydrogen) atoms. The van der Waals surface area contributed by atoms with E-state index < -0.39 is 0 Å². The van der Waals surface area contributed by atoms with Crippen molar-refractivity contribution in [3.63, 3.8) is 0 Å². The van der Waals surface area contributed by atoms with Crippen molar-refractivity contribution in [2.24, 2.45) is 0 Å². The number of hydrogen-bond donors (Lipinski definition) is 0. The Hall–Kier alpha value is -3.15. The summed E-state index contributed by atoms with van der Waals surface area (Å²) < 4.78 is 19.1. The van der Waals surface area contributed by atoms with Crippen molar-refractivity contribution < 1.29 is 9.02 Å². The summed E-state index contributed by atoms with van der Waals surface area (Å²) in [4.78, 5) is 8.95. The van der Waals surface area contributed by atoms with Crippen LogP contribution in [0.2, 0.25) is 0 Å². The quantitative estimate of drug-likeness (QED) is 0.408. The highest BCUT2D eigenvalue weighted by molar-refractivity contribution is 6.23. The Morgan fingerprint density at radius 3 is 2.14 bits per heavy atom. The molecule has 0 aliphatic carbocycles. The van der Waals surface area contributed by atoms with Crippen molar-refractivity contribution in [2.75, 3.05) is 0 Å². The Kier molecular flexibility index (Phi) is 2.06. The Balaban J connectivity index is 2.21. The molecular formula is C16H7FN4O. The fraction of sp³-hybridized carbons (Fsp3) is 0. The second-order valence-electron chi connectivity index (χ2n) is 5.04. The van der Waals surface area contributed by atoms with Crippen LogP contribution >= 0.6 is 0 Å². The molecule has 0 saturated carbocycles. The highest BCUT2D eigenvalue weighted by atomic mass is 19.1. The summed E-state index contributed by atoms with van der Waals surface area (Å²) in [7, 11) is 0. The Morgan fingerprint density at radius 1 is 0.727 bits per heavy atom. The number of rotatable bonds is 0. The number of aromatic nitrogens is 4. The van der Waals surface area contributed by atoms with Crippen molar-refractivity contribution in [1.82, 2.24) is 20.3 Å². The molecule has 5 nitrogen and oxygen atoms in total. The lowest BCUT2D eigenvalue weighted by Crippen LogP contribution is -1.92. The van der Waals surface area contributed by atoms with E-state index in [1.807, 2.05) is 30.3 Å². The van der Waals surface area contributed by atoms with Crippen LogP contribution in [0.15, 0.2) is 47.1 Å². The Morgan fingerprint density at radius 2 is 1.36 bits per heavy atom. The third-order valence-electron chi connectivity index (χ3n) is 3.83. The zero-order chi connectivity index (χ0) is 14.7. The summed E-state index contributed by atoms with van der Waals surface area (Å²) in [5.41, 5.74) is 1.91. The number of nitrogens with zero attached hydrogens (tertiary/aromatic N) is 4. The normalized spacial score (nSPS) is 11.9. The monoisotopic (exact) mass is 290 g/mol. The van der Waals surface area contributed by atoms with Gasteiger partial charge in [0.05, 0.1) is 5.52 Å². The summed E-state index contributed by atoms with van der Waals surface area (Å²) in [6, 6.07) is 12.5. The van der Waals surface area contributed by atoms with Gasteiger partial charge < -0.3 is 0 Å². The average Bonchev–Trinajstić information content (AvgIpc) is 3.01. The molecule has 6 heteroatoms. The summed E-state index contributed by atoms with van der Waals surface area (Å²) in [6.45, 7) is 0. The van der Waals surface area contributed by atoms with Gasteiger partial charge in [-0.05, 0) is 21.8 Å². The molecular weight excluding hydrogens is 283 g/mol. The molecule has 0 unspecified atom stereocenters. The molecule has 0 bridgehead atoms. The summed E-state index contributed by atoms with van der Waals surface area (Å²) in [6.07, 6.45) is 0. The van der Waals surface area contributed by atoms with Crippen molar-refractivity contribution in [1.29, 1.82) is 0 Å². The van der Waals surface area contributed by atoms with E-state index in [4.69, 9.17) is 0 Å². The van der Waals surface area contributed by atoms with Gasteiger partial charge in [0, 0.05) is 16.2 Å². The van der Waals surface area contributed by atoms with Gasteiger partial charge in [0.2, 0.25) is 11.3 Å². The van der Waals surface area contributed by atoms with Crippen LogP contribution in [0.4, 0.5) is 4.39 Å². The highest BCUT2D eigenvalue weighted by Gasteiger charge is 2.15. The number of benzene rings is 3.